The van der Waals surface area contributed by atoms with Gasteiger partial charge < -0.3 is 9.73 Å². The van der Waals surface area contributed by atoms with Gasteiger partial charge in [-0.2, -0.15) is 0 Å². The van der Waals surface area contributed by atoms with Gasteiger partial charge in [-0.1, -0.05) is 0 Å². The number of H-pyrrole nitrogens is 1. The maximum atomic E-state index is 12.8. The number of aromatic nitrogens is 1. The van der Waals surface area contributed by atoms with E-state index in [9.17, 15) is 18.8 Å². The summed E-state index contributed by atoms with van der Waals surface area (Å²) in [6.45, 7) is 0. The van der Waals surface area contributed by atoms with Crippen molar-refractivity contribution in [1.29, 1.82) is 0 Å². The summed E-state index contributed by atoms with van der Waals surface area (Å²) in [7, 11) is 0. The number of halogens is 1. The summed E-state index contributed by atoms with van der Waals surface area (Å²) in [5.74, 6) is -1.57. The van der Waals surface area contributed by atoms with Gasteiger partial charge in [-0.05, 0) is 36.4 Å². The van der Waals surface area contributed by atoms with Crippen molar-refractivity contribution in [1.82, 2.24) is 4.98 Å². The van der Waals surface area contributed by atoms with Gasteiger partial charge in [0.2, 0.25) is 5.91 Å². The number of hydrogen-bond acceptors (Lipinski definition) is 4. The van der Waals surface area contributed by atoms with Crippen molar-refractivity contribution in [2.45, 2.75) is 12.8 Å². The topological polar surface area (TPSA) is 92.2 Å². The number of carbonyl (C=O) groups excluding carboxylic acids is 2. The molecule has 3 rings (SSSR count). The first-order valence-electron chi connectivity index (χ1n) is 7.23. The Balaban J connectivity index is 1.59. The molecule has 0 aliphatic rings. The molecule has 122 valence electrons. The molecule has 1 heterocycles. The van der Waals surface area contributed by atoms with Crippen LogP contribution in [0.5, 0.6) is 0 Å². The number of anilines is 1. The van der Waals surface area contributed by atoms with Crippen LogP contribution in [0.2, 0.25) is 0 Å². The highest BCUT2D eigenvalue weighted by atomic mass is 19.1. The van der Waals surface area contributed by atoms with Gasteiger partial charge in [0.25, 0.3) is 0 Å². The Labute approximate surface area is 135 Å². The number of aromatic amines is 1. The number of rotatable bonds is 5. The Hall–Kier alpha value is -3.22. The molecule has 0 unspecified atom stereocenters. The van der Waals surface area contributed by atoms with Gasteiger partial charge in [-0.15, -0.1) is 0 Å². The van der Waals surface area contributed by atoms with Crippen LogP contribution in [-0.2, 0) is 4.79 Å². The maximum absolute atomic E-state index is 12.8. The molecule has 0 aliphatic heterocycles. The third-order valence-electron chi connectivity index (χ3n) is 3.45. The van der Waals surface area contributed by atoms with E-state index >= 15 is 0 Å². The van der Waals surface area contributed by atoms with E-state index in [1.807, 2.05) is 0 Å². The van der Waals surface area contributed by atoms with Gasteiger partial charge in [-0.25, -0.2) is 9.18 Å². The molecule has 2 aromatic carbocycles. The Morgan fingerprint density at radius 2 is 1.83 bits per heavy atom. The third-order valence-corrected chi connectivity index (χ3v) is 3.45. The molecule has 1 amide bonds. The van der Waals surface area contributed by atoms with E-state index in [2.05, 4.69) is 10.3 Å². The normalized spacial score (nSPS) is 10.7. The molecule has 1 aromatic heterocycles. The summed E-state index contributed by atoms with van der Waals surface area (Å²) in [6.07, 6.45) is 0.00425. The summed E-state index contributed by atoms with van der Waals surface area (Å²) in [6, 6.07) is 9.93. The Bertz CT molecular complexity index is 957. The summed E-state index contributed by atoms with van der Waals surface area (Å²) in [5, 5.41) is 2.63. The van der Waals surface area contributed by atoms with E-state index in [0.717, 1.165) is 0 Å². The Morgan fingerprint density at radius 3 is 2.58 bits per heavy atom. The van der Waals surface area contributed by atoms with E-state index in [0.29, 0.717) is 22.4 Å². The monoisotopic (exact) mass is 328 g/mol. The van der Waals surface area contributed by atoms with Crippen molar-refractivity contribution in [3.63, 3.8) is 0 Å². The van der Waals surface area contributed by atoms with Crippen LogP contribution >= 0.6 is 0 Å². The molecule has 0 radical (unpaired) electrons. The van der Waals surface area contributed by atoms with Gasteiger partial charge in [0.1, 0.15) is 5.82 Å². The number of fused-ring (bicyclic) bond motifs is 1. The molecule has 0 spiro atoms. The first-order valence-corrected chi connectivity index (χ1v) is 7.23. The number of carbonyl (C=O) groups is 2. The minimum Gasteiger partial charge on any atom is -0.408 e. The van der Waals surface area contributed by atoms with E-state index in [1.54, 1.807) is 12.1 Å². The molecular weight excluding hydrogens is 315 g/mol. The van der Waals surface area contributed by atoms with Crippen LogP contribution in [0.4, 0.5) is 10.1 Å². The zero-order valence-electron chi connectivity index (χ0n) is 12.5. The highest BCUT2D eigenvalue weighted by Gasteiger charge is 2.10. The second kappa shape index (κ2) is 6.49. The quantitative estimate of drug-likeness (QED) is 0.704. The van der Waals surface area contributed by atoms with Crippen molar-refractivity contribution < 1.29 is 18.4 Å². The van der Waals surface area contributed by atoms with E-state index in [-0.39, 0.29) is 24.5 Å². The predicted molar refractivity (Wildman–Crippen MR) is 85.4 cm³/mol. The fourth-order valence-electron chi connectivity index (χ4n) is 2.25. The number of oxazole rings is 1. The minimum atomic E-state index is -0.571. The van der Waals surface area contributed by atoms with Gasteiger partial charge in [-0.3, -0.25) is 14.6 Å². The average molecular weight is 328 g/mol. The molecule has 7 heteroatoms. The summed E-state index contributed by atoms with van der Waals surface area (Å²) in [5.41, 5.74) is 1.69. The van der Waals surface area contributed by atoms with Crippen LogP contribution < -0.4 is 11.1 Å². The van der Waals surface area contributed by atoms with Crippen molar-refractivity contribution in [2.24, 2.45) is 0 Å². The zero-order chi connectivity index (χ0) is 17.1. The fraction of sp³-hybridized carbons (Fsp3) is 0.118. The Kier molecular flexibility index (Phi) is 4.24. The average Bonchev–Trinajstić information content (AvgIpc) is 2.92. The number of nitrogens with one attached hydrogen (secondary N) is 2. The second-order valence-electron chi connectivity index (χ2n) is 5.20. The maximum Gasteiger partial charge on any atom is 0.417 e. The van der Waals surface area contributed by atoms with E-state index in [4.69, 9.17) is 4.42 Å². The predicted octanol–water partition coefficient (Wildman–Crippen LogP) is 2.86. The van der Waals surface area contributed by atoms with Crippen LogP contribution in [0.3, 0.4) is 0 Å². The third kappa shape index (κ3) is 3.57. The van der Waals surface area contributed by atoms with Gasteiger partial charge in [0.15, 0.2) is 11.4 Å². The second-order valence-corrected chi connectivity index (χ2v) is 5.20. The molecule has 3 aromatic rings. The van der Waals surface area contributed by atoms with Gasteiger partial charge in [0.05, 0.1) is 5.52 Å². The van der Waals surface area contributed by atoms with Crippen LogP contribution in [0.15, 0.2) is 51.7 Å². The highest BCUT2D eigenvalue weighted by Crippen LogP contribution is 2.17. The van der Waals surface area contributed by atoms with E-state index in [1.165, 1.54) is 30.3 Å². The number of benzene rings is 2. The summed E-state index contributed by atoms with van der Waals surface area (Å²) < 4.78 is 17.7. The standard InChI is InChI=1S/C17H13FN2O4/c18-11-3-1-10(2-4-11)14(21)7-8-16(22)19-12-5-6-13-15(9-12)24-17(23)20-13/h1-6,9H,7-8H2,(H,19,22)(H,20,23). The lowest BCUT2D eigenvalue weighted by molar-refractivity contribution is -0.116. The molecule has 0 aliphatic carbocycles. The largest absolute Gasteiger partial charge is 0.417 e. The molecule has 0 fully saturated rings. The van der Waals surface area contributed by atoms with Crippen molar-refractivity contribution in [3.8, 4) is 0 Å². The van der Waals surface area contributed by atoms with Gasteiger partial charge in [0, 0.05) is 30.2 Å². The molecule has 0 bridgehead atoms. The Morgan fingerprint density at radius 1 is 1.08 bits per heavy atom. The fourth-order valence-corrected chi connectivity index (χ4v) is 2.25. The van der Waals surface area contributed by atoms with E-state index < -0.39 is 11.6 Å². The van der Waals surface area contributed by atoms with Crippen molar-refractivity contribution >= 4 is 28.5 Å². The molecular formula is C17H13FN2O4. The molecule has 24 heavy (non-hydrogen) atoms. The first-order chi connectivity index (χ1) is 11.5. The number of Topliss-reactive ketones (excluding diaryl/α,β-unsaturated/α-hetero) is 1. The minimum absolute atomic E-state index is 0.00860. The lowest BCUT2D eigenvalue weighted by atomic mass is 10.1. The van der Waals surface area contributed by atoms with Crippen LogP contribution in [0.25, 0.3) is 11.1 Å². The molecule has 6 nitrogen and oxygen atoms in total. The van der Waals surface area contributed by atoms with Crippen LogP contribution in [0.1, 0.15) is 23.2 Å². The zero-order valence-corrected chi connectivity index (χ0v) is 12.5. The lowest BCUT2D eigenvalue weighted by Gasteiger charge is -2.05. The molecule has 0 saturated heterocycles. The van der Waals surface area contributed by atoms with Crippen LogP contribution in [-0.4, -0.2) is 16.7 Å². The summed E-state index contributed by atoms with van der Waals surface area (Å²) >= 11 is 0. The highest BCUT2D eigenvalue weighted by molar-refractivity contribution is 6.00. The van der Waals surface area contributed by atoms with Crippen LogP contribution in [0, 0.1) is 5.82 Å². The van der Waals surface area contributed by atoms with Crippen molar-refractivity contribution in [3.05, 3.63) is 64.4 Å². The summed E-state index contributed by atoms with van der Waals surface area (Å²) in [4.78, 5) is 37.4. The molecule has 0 saturated carbocycles. The number of amides is 1. The molecule has 2 N–H and O–H groups in total. The SMILES string of the molecule is O=C(CCC(=O)c1ccc(F)cc1)Nc1ccc2[nH]c(=O)oc2c1. The molecule has 0 atom stereocenters. The number of ketones is 1. The first kappa shape index (κ1) is 15.7. The smallest absolute Gasteiger partial charge is 0.408 e. The van der Waals surface area contributed by atoms with Crippen molar-refractivity contribution in [2.75, 3.05) is 5.32 Å². The van der Waals surface area contributed by atoms with Gasteiger partial charge >= 0.3 is 5.76 Å². The lowest BCUT2D eigenvalue weighted by Crippen LogP contribution is -2.13. The number of hydrogen-bond donors (Lipinski definition) is 2.